The molecule has 0 aliphatic heterocycles. The first-order valence-corrected chi connectivity index (χ1v) is 3.93. The van der Waals surface area contributed by atoms with Gasteiger partial charge < -0.3 is 0 Å². The monoisotopic (exact) mass is 152 g/mol. The number of rotatable bonds is 4. The minimum atomic E-state index is 0.964. The Hall–Kier alpha value is -0.920. The molecule has 0 aromatic carbocycles. The highest BCUT2D eigenvalue weighted by molar-refractivity contribution is 5.63. The molecule has 0 saturated heterocycles. The standard InChI is InChI=1S/C9H16N2/c1-5-8(3)9(6-2)11-7-10-4/h7H,4-6H2,1-3H3/b9-8+,11-7-. The van der Waals surface area contributed by atoms with Crippen LogP contribution < -0.4 is 0 Å². The Morgan fingerprint density at radius 2 is 2.00 bits per heavy atom. The molecule has 0 atom stereocenters. The van der Waals surface area contributed by atoms with Gasteiger partial charge >= 0.3 is 0 Å². The Morgan fingerprint density at radius 3 is 2.36 bits per heavy atom. The number of aliphatic imine (C=N–C) groups is 2. The topological polar surface area (TPSA) is 24.7 Å². The Balaban J connectivity index is 4.37. The van der Waals surface area contributed by atoms with Gasteiger partial charge in [-0.2, -0.15) is 0 Å². The van der Waals surface area contributed by atoms with E-state index in [0.29, 0.717) is 0 Å². The lowest BCUT2D eigenvalue weighted by Gasteiger charge is -2.00. The van der Waals surface area contributed by atoms with Gasteiger partial charge in [-0.3, -0.25) is 4.99 Å². The predicted molar refractivity (Wildman–Crippen MR) is 51.3 cm³/mol. The summed E-state index contributed by atoms with van der Waals surface area (Å²) in [4.78, 5) is 7.72. The zero-order valence-electron chi connectivity index (χ0n) is 7.59. The zero-order chi connectivity index (χ0) is 8.69. The van der Waals surface area contributed by atoms with Gasteiger partial charge in [-0.15, -0.1) is 0 Å². The molecule has 0 radical (unpaired) electrons. The molecule has 2 heteroatoms. The molecule has 62 valence electrons. The molecule has 11 heavy (non-hydrogen) atoms. The summed E-state index contributed by atoms with van der Waals surface area (Å²) >= 11 is 0. The number of hydrogen-bond donors (Lipinski definition) is 0. The Morgan fingerprint density at radius 1 is 1.36 bits per heavy atom. The van der Waals surface area contributed by atoms with E-state index in [4.69, 9.17) is 0 Å². The van der Waals surface area contributed by atoms with Gasteiger partial charge in [0, 0.05) is 5.70 Å². The Labute approximate surface area is 68.8 Å². The van der Waals surface area contributed by atoms with Crippen LogP contribution in [0.1, 0.15) is 33.6 Å². The van der Waals surface area contributed by atoms with Crippen molar-refractivity contribution in [2.45, 2.75) is 33.6 Å². The summed E-state index contributed by atoms with van der Waals surface area (Å²) in [6.07, 6.45) is 3.52. The predicted octanol–water partition coefficient (Wildman–Crippen LogP) is 2.81. The van der Waals surface area contributed by atoms with Crippen molar-refractivity contribution in [3.63, 3.8) is 0 Å². The van der Waals surface area contributed by atoms with E-state index < -0.39 is 0 Å². The minimum absolute atomic E-state index is 0.964. The first-order chi connectivity index (χ1) is 5.26. The smallest absolute Gasteiger partial charge is 0.114 e. The van der Waals surface area contributed by atoms with E-state index in [9.17, 15) is 0 Å². The van der Waals surface area contributed by atoms with Gasteiger partial charge in [0.1, 0.15) is 6.34 Å². The molecule has 0 aliphatic rings. The fraction of sp³-hybridized carbons (Fsp3) is 0.556. The highest BCUT2D eigenvalue weighted by Crippen LogP contribution is 2.11. The molecule has 0 aromatic rings. The lowest BCUT2D eigenvalue weighted by Crippen LogP contribution is -1.83. The summed E-state index contributed by atoms with van der Waals surface area (Å²) < 4.78 is 0. The molecule has 0 amide bonds. The second kappa shape index (κ2) is 5.83. The van der Waals surface area contributed by atoms with Crippen molar-refractivity contribution in [1.29, 1.82) is 0 Å². The first kappa shape index (κ1) is 10.1. The van der Waals surface area contributed by atoms with Gasteiger partial charge in [0.25, 0.3) is 0 Å². The average Bonchev–Trinajstić information content (AvgIpc) is 2.05. The number of hydrogen-bond acceptors (Lipinski definition) is 1. The lowest BCUT2D eigenvalue weighted by molar-refractivity contribution is 0.968. The zero-order valence-corrected chi connectivity index (χ0v) is 7.59. The molecular formula is C9H16N2. The van der Waals surface area contributed by atoms with Crippen LogP contribution in [0.2, 0.25) is 0 Å². The average molecular weight is 152 g/mol. The molecule has 0 heterocycles. The van der Waals surface area contributed by atoms with Crippen LogP contribution >= 0.6 is 0 Å². The third-order valence-corrected chi connectivity index (χ3v) is 1.65. The molecular weight excluding hydrogens is 136 g/mol. The highest BCUT2D eigenvalue weighted by Gasteiger charge is 1.93. The number of allylic oxidation sites excluding steroid dienone is 2. The molecule has 0 bridgehead atoms. The Kier molecular flexibility index (Phi) is 5.35. The van der Waals surface area contributed by atoms with Crippen molar-refractivity contribution in [3.05, 3.63) is 11.3 Å². The molecule has 0 N–H and O–H groups in total. The van der Waals surface area contributed by atoms with E-state index in [-0.39, 0.29) is 0 Å². The summed E-state index contributed by atoms with van der Waals surface area (Å²) in [5, 5.41) is 0. The second-order valence-corrected chi connectivity index (χ2v) is 2.36. The van der Waals surface area contributed by atoms with E-state index in [1.165, 1.54) is 11.9 Å². The maximum Gasteiger partial charge on any atom is 0.114 e. The van der Waals surface area contributed by atoms with Crippen LogP contribution in [-0.2, 0) is 0 Å². The van der Waals surface area contributed by atoms with Crippen molar-refractivity contribution >= 4 is 13.1 Å². The molecule has 0 saturated carbocycles. The van der Waals surface area contributed by atoms with Gasteiger partial charge in [0.2, 0.25) is 0 Å². The molecule has 0 aliphatic carbocycles. The normalized spacial score (nSPS) is 13.4. The van der Waals surface area contributed by atoms with Crippen LogP contribution in [-0.4, -0.2) is 13.1 Å². The molecule has 0 rings (SSSR count). The van der Waals surface area contributed by atoms with Crippen LogP contribution in [0.3, 0.4) is 0 Å². The molecule has 0 spiro atoms. The van der Waals surface area contributed by atoms with E-state index in [1.54, 1.807) is 0 Å². The van der Waals surface area contributed by atoms with Crippen molar-refractivity contribution in [1.82, 2.24) is 0 Å². The molecule has 0 fully saturated rings. The summed E-state index contributed by atoms with van der Waals surface area (Å²) in [5.41, 5.74) is 2.45. The summed E-state index contributed by atoms with van der Waals surface area (Å²) in [7, 11) is 0. The highest BCUT2D eigenvalue weighted by atomic mass is 14.8. The van der Waals surface area contributed by atoms with Crippen molar-refractivity contribution < 1.29 is 0 Å². The summed E-state index contributed by atoms with van der Waals surface area (Å²) in [6.45, 7) is 9.65. The van der Waals surface area contributed by atoms with Crippen LogP contribution in [0, 0.1) is 0 Å². The third-order valence-electron chi connectivity index (χ3n) is 1.65. The molecule has 0 unspecified atom stereocenters. The maximum atomic E-state index is 4.16. The Bertz CT molecular complexity index is 178. The van der Waals surface area contributed by atoms with Crippen LogP contribution in [0.25, 0.3) is 0 Å². The van der Waals surface area contributed by atoms with Crippen molar-refractivity contribution in [2.75, 3.05) is 0 Å². The quantitative estimate of drug-likeness (QED) is 0.437. The third kappa shape index (κ3) is 3.71. The van der Waals surface area contributed by atoms with Gasteiger partial charge in [-0.05, 0) is 26.5 Å². The van der Waals surface area contributed by atoms with Crippen LogP contribution in [0.4, 0.5) is 0 Å². The minimum Gasteiger partial charge on any atom is -0.253 e. The van der Waals surface area contributed by atoms with Crippen LogP contribution in [0.15, 0.2) is 21.3 Å². The largest absolute Gasteiger partial charge is 0.253 e. The molecule has 0 aromatic heterocycles. The van der Waals surface area contributed by atoms with E-state index in [0.717, 1.165) is 18.5 Å². The number of nitrogens with zero attached hydrogens (tertiary/aromatic N) is 2. The summed E-state index contributed by atoms with van der Waals surface area (Å²) in [5.74, 6) is 0. The summed E-state index contributed by atoms with van der Waals surface area (Å²) in [6, 6.07) is 0. The van der Waals surface area contributed by atoms with Gasteiger partial charge in [-0.1, -0.05) is 19.4 Å². The SMILES string of the molecule is C=N/C=N\C(CC)=C(/C)CC. The van der Waals surface area contributed by atoms with Gasteiger partial charge in [0.15, 0.2) is 0 Å². The van der Waals surface area contributed by atoms with Crippen molar-refractivity contribution in [3.8, 4) is 0 Å². The fourth-order valence-electron chi connectivity index (χ4n) is 0.818. The first-order valence-electron chi connectivity index (χ1n) is 3.93. The fourth-order valence-corrected chi connectivity index (χ4v) is 0.818. The van der Waals surface area contributed by atoms with E-state index in [1.807, 2.05) is 0 Å². The van der Waals surface area contributed by atoms with Gasteiger partial charge in [-0.25, -0.2) is 4.99 Å². The van der Waals surface area contributed by atoms with E-state index in [2.05, 4.69) is 37.5 Å². The second-order valence-electron chi connectivity index (χ2n) is 2.36. The van der Waals surface area contributed by atoms with Crippen LogP contribution in [0.5, 0.6) is 0 Å². The van der Waals surface area contributed by atoms with Crippen molar-refractivity contribution in [2.24, 2.45) is 9.98 Å². The lowest BCUT2D eigenvalue weighted by atomic mass is 10.1. The van der Waals surface area contributed by atoms with Gasteiger partial charge in [0.05, 0.1) is 0 Å². The maximum absolute atomic E-state index is 4.16. The van der Waals surface area contributed by atoms with E-state index >= 15 is 0 Å². The molecule has 2 nitrogen and oxygen atoms in total.